The molecule has 2 N–H and O–H groups in total. The molecular weight excluding hydrogens is 339 g/mol. The van der Waals surface area contributed by atoms with E-state index in [1.807, 2.05) is 0 Å². The fourth-order valence-corrected chi connectivity index (χ4v) is 1.90. The second-order valence-corrected chi connectivity index (χ2v) is 5.16. The fraction of sp³-hybridized carbons (Fsp3) is 0.176. The van der Waals surface area contributed by atoms with Gasteiger partial charge in [-0.15, -0.1) is 0 Å². The molecule has 2 rings (SSSR count). The number of esters is 1. The van der Waals surface area contributed by atoms with Crippen LogP contribution in [0.1, 0.15) is 22.8 Å². The van der Waals surface area contributed by atoms with Crippen LogP contribution in [0.2, 0.25) is 0 Å². The highest BCUT2D eigenvalue weighted by Gasteiger charge is 2.30. The van der Waals surface area contributed by atoms with Gasteiger partial charge in [-0.25, -0.2) is 4.79 Å². The Labute approximate surface area is 141 Å². The van der Waals surface area contributed by atoms with Gasteiger partial charge in [-0.3, -0.25) is 4.79 Å². The van der Waals surface area contributed by atoms with Crippen molar-refractivity contribution in [3.05, 3.63) is 59.7 Å². The minimum Gasteiger partial charge on any atom is -0.508 e. The van der Waals surface area contributed by atoms with Crippen molar-refractivity contribution in [2.75, 3.05) is 5.32 Å². The number of phenols is 1. The number of anilines is 1. The average Bonchev–Trinajstić information content (AvgIpc) is 2.54. The molecule has 0 saturated heterocycles. The summed E-state index contributed by atoms with van der Waals surface area (Å²) >= 11 is 0. The molecule has 0 aliphatic heterocycles. The number of nitrogens with one attached hydrogen (secondary N) is 1. The number of hydrogen-bond donors (Lipinski definition) is 2. The molecule has 8 heteroatoms. The molecule has 0 saturated carbocycles. The summed E-state index contributed by atoms with van der Waals surface area (Å²) in [6.45, 7) is 1.32. The van der Waals surface area contributed by atoms with Gasteiger partial charge in [-0.2, -0.15) is 13.2 Å². The van der Waals surface area contributed by atoms with Gasteiger partial charge in [0.25, 0.3) is 5.91 Å². The van der Waals surface area contributed by atoms with E-state index >= 15 is 0 Å². The van der Waals surface area contributed by atoms with Gasteiger partial charge in [0.1, 0.15) is 5.75 Å². The van der Waals surface area contributed by atoms with Crippen LogP contribution in [0.15, 0.2) is 48.5 Å². The van der Waals surface area contributed by atoms with Gasteiger partial charge in [-0.1, -0.05) is 6.07 Å². The van der Waals surface area contributed by atoms with Gasteiger partial charge in [0.15, 0.2) is 6.10 Å². The van der Waals surface area contributed by atoms with Crippen LogP contribution in [0.5, 0.6) is 5.75 Å². The molecule has 0 unspecified atom stereocenters. The zero-order valence-corrected chi connectivity index (χ0v) is 13.0. The zero-order valence-electron chi connectivity index (χ0n) is 13.0. The molecule has 0 aliphatic rings. The number of rotatable bonds is 4. The molecule has 132 valence electrons. The zero-order chi connectivity index (χ0) is 18.6. The smallest absolute Gasteiger partial charge is 0.416 e. The number of aromatic hydroxyl groups is 1. The van der Waals surface area contributed by atoms with Gasteiger partial charge >= 0.3 is 12.1 Å². The molecule has 2 aromatic rings. The van der Waals surface area contributed by atoms with Crippen molar-refractivity contribution in [1.82, 2.24) is 0 Å². The van der Waals surface area contributed by atoms with Crippen LogP contribution in [0.3, 0.4) is 0 Å². The first-order chi connectivity index (χ1) is 11.7. The first kappa shape index (κ1) is 18.3. The minimum absolute atomic E-state index is 0.0641. The SMILES string of the molecule is C[C@H](OC(=O)c1cccc(O)c1)C(=O)Nc1ccc(C(F)(F)F)cc1. The molecule has 0 radical (unpaired) electrons. The van der Waals surface area contributed by atoms with E-state index in [4.69, 9.17) is 4.74 Å². The summed E-state index contributed by atoms with van der Waals surface area (Å²) in [6.07, 6.45) is -5.65. The summed E-state index contributed by atoms with van der Waals surface area (Å²) in [4.78, 5) is 23.8. The van der Waals surface area contributed by atoms with Crippen LogP contribution in [-0.2, 0) is 15.7 Å². The highest BCUT2D eigenvalue weighted by Crippen LogP contribution is 2.29. The van der Waals surface area contributed by atoms with E-state index < -0.39 is 29.7 Å². The van der Waals surface area contributed by atoms with Crippen LogP contribution < -0.4 is 5.32 Å². The molecule has 2 aromatic carbocycles. The Balaban J connectivity index is 1.97. The van der Waals surface area contributed by atoms with E-state index in [0.717, 1.165) is 24.3 Å². The molecule has 1 atom stereocenters. The summed E-state index contributed by atoms with van der Waals surface area (Å²) < 4.78 is 42.4. The fourth-order valence-electron chi connectivity index (χ4n) is 1.90. The molecule has 5 nitrogen and oxygen atoms in total. The lowest BCUT2D eigenvalue weighted by molar-refractivity contribution is -0.137. The number of alkyl halides is 3. The maximum Gasteiger partial charge on any atom is 0.416 e. The van der Waals surface area contributed by atoms with E-state index in [-0.39, 0.29) is 17.0 Å². The summed E-state index contributed by atoms with van der Waals surface area (Å²) in [5, 5.41) is 11.7. The third-order valence-electron chi connectivity index (χ3n) is 3.21. The number of carbonyl (C=O) groups excluding carboxylic acids is 2. The average molecular weight is 353 g/mol. The van der Waals surface area contributed by atoms with Crippen molar-refractivity contribution in [1.29, 1.82) is 0 Å². The number of amides is 1. The lowest BCUT2D eigenvalue weighted by Gasteiger charge is -2.14. The molecule has 0 spiro atoms. The summed E-state index contributed by atoms with van der Waals surface area (Å²) in [7, 11) is 0. The van der Waals surface area contributed by atoms with E-state index in [2.05, 4.69) is 5.32 Å². The van der Waals surface area contributed by atoms with Crippen molar-refractivity contribution in [2.45, 2.75) is 19.2 Å². The first-order valence-corrected chi connectivity index (χ1v) is 7.15. The molecule has 0 bridgehead atoms. The largest absolute Gasteiger partial charge is 0.508 e. The number of ether oxygens (including phenoxy) is 1. The number of halogens is 3. The topological polar surface area (TPSA) is 75.6 Å². The lowest BCUT2D eigenvalue weighted by atomic mass is 10.2. The number of benzene rings is 2. The van der Waals surface area contributed by atoms with Crippen LogP contribution >= 0.6 is 0 Å². The van der Waals surface area contributed by atoms with Gasteiger partial charge in [0.05, 0.1) is 11.1 Å². The number of carbonyl (C=O) groups is 2. The van der Waals surface area contributed by atoms with Crippen molar-refractivity contribution in [3.63, 3.8) is 0 Å². The second-order valence-electron chi connectivity index (χ2n) is 5.16. The second kappa shape index (κ2) is 7.25. The van der Waals surface area contributed by atoms with Gasteiger partial charge in [0, 0.05) is 5.69 Å². The third kappa shape index (κ3) is 4.97. The van der Waals surface area contributed by atoms with Crippen molar-refractivity contribution in [3.8, 4) is 5.75 Å². The van der Waals surface area contributed by atoms with Gasteiger partial charge < -0.3 is 15.2 Å². The summed E-state index contributed by atoms with van der Waals surface area (Å²) in [5.41, 5.74) is -0.638. The standard InChI is InChI=1S/C17H14F3NO4/c1-10(25-16(24)11-3-2-4-14(22)9-11)15(23)21-13-7-5-12(6-8-13)17(18,19)20/h2-10,22H,1H3,(H,21,23)/t10-/m0/s1. The maximum atomic E-state index is 12.5. The Kier molecular flexibility index (Phi) is 5.31. The monoisotopic (exact) mass is 353 g/mol. The van der Waals surface area contributed by atoms with Crippen molar-refractivity contribution < 1.29 is 32.6 Å². The predicted octanol–water partition coefficient (Wildman–Crippen LogP) is 3.60. The lowest BCUT2D eigenvalue weighted by Crippen LogP contribution is -2.30. The molecule has 0 fully saturated rings. The Morgan fingerprint density at radius 2 is 1.76 bits per heavy atom. The van der Waals surface area contributed by atoms with Crippen LogP contribution in [0, 0.1) is 0 Å². The predicted molar refractivity (Wildman–Crippen MR) is 83.1 cm³/mol. The highest BCUT2D eigenvalue weighted by molar-refractivity contribution is 5.97. The summed E-state index contributed by atoms with van der Waals surface area (Å²) in [6, 6.07) is 9.27. The maximum absolute atomic E-state index is 12.5. The quantitative estimate of drug-likeness (QED) is 0.824. The molecule has 0 heterocycles. The van der Waals surface area contributed by atoms with E-state index in [9.17, 15) is 27.9 Å². The third-order valence-corrected chi connectivity index (χ3v) is 3.21. The number of hydrogen-bond acceptors (Lipinski definition) is 4. The van der Waals surface area contributed by atoms with Crippen molar-refractivity contribution in [2.24, 2.45) is 0 Å². The Morgan fingerprint density at radius 3 is 2.32 bits per heavy atom. The normalized spacial score (nSPS) is 12.3. The first-order valence-electron chi connectivity index (χ1n) is 7.15. The van der Waals surface area contributed by atoms with Crippen LogP contribution in [0.4, 0.5) is 18.9 Å². The molecule has 0 aromatic heterocycles. The number of phenolic OH excluding ortho intramolecular Hbond substituents is 1. The van der Waals surface area contributed by atoms with Gasteiger partial charge in [-0.05, 0) is 49.4 Å². The van der Waals surface area contributed by atoms with E-state index in [0.29, 0.717) is 0 Å². The Hall–Kier alpha value is -3.03. The molecule has 1 amide bonds. The van der Waals surface area contributed by atoms with Crippen LogP contribution in [0.25, 0.3) is 0 Å². The van der Waals surface area contributed by atoms with E-state index in [1.165, 1.54) is 31.2 Å². The molecular formula is C17H14F3NO4. The minimum atomic E-state index is -4.47. The van der Waals surface area contributed by atoms with Crippen LogP contribution in [-0.4, -0.2) is 23.1 Å². The molecule has 25 heavy (non-hydrogen) atoms. The highest BCUT2D eigenvalue weighted by atomic mass is 19.4. The Morgan fingerprint density at radius 1 is 1.12 bits per heavy atom. The Bertz CT molecular complexity index is 772. The molecule has 0 aliphatic carbocycles. The van der Waals surface area contributed by atoms with E-state index in [1.54, 1.807) is 0 Å². The van der Waals surface area contributed by atoms with Gasteiger partial charge in [0.2, 0.25) is 0 Å². The summed E-state index contributed by atoms with van der Waals surface area (Å²) in [5.74, 6) is -1.64. The van der Waals surface area contributed by atoms with Crippen molar-refractivity contribution >= 4 is 17.6 Å².